The molecule has 1 atom stereocenters. The molecule has 4 nitrogen and oxygen atoms in total. The van der Waals surface area contributed by atoms with E-state index in [0.717, 1.165) is 24.5 Å². The summed E-state index contributed by atoms with van der Waals surface area (Å²) in [5.41, 5.74) is -0.122. The number of hydrogen-bond acceptors (Lipinski definition) is 3. The van der Waals surface area contributed by atoms with Crippen molar-refractivity contribution in [3.8, 4) is 0 Å². The third-order valence-corrected chi connectivity index (χ3v) is 6.23. The van der Waals surface area contributed by atoms with Crippen LogP contribution in [-0.2, 0) is 21.6 Å². The number of halogens is 3. The first-order chi connectivity index (χ1) is 13.0. The van der Waals surface area contributed by atoms with Crippen LogP contribution in [0.25, 0.3) is 0 Å². The Morgan fingerprint density at radius 3 is 2.21 bits per heavy atom. The maximum atomic E-state index is 12.8. The van der Waals surface area contributed by atoms with Crippen molar-refractivity contribution in [1.29, 1.82) is 0 Å². The second-order valence-corrected chi connectivity index (χ2v) is 9.00. The number of aryl methyl sites for hydroxylation is 1. The van der Waals surface area contributed by atoms with Gasteiger partial charge < -0.3 is 0 Å². The van der Waals surface area contributed by atoms with Crippen LogP contribution in [0.4, 0.5) is 13.2 Å². The third kappa shape index (κ3) is 5.54. The van der Waals surface area contributed by atoms with Crippen molar-refractivity contribution < 1.29 is 21.6 Å². The monoisotopic (exact) mass is 414 g/mol. The highest BCUT2D eigenvalue weighted by Gasteiger charge is 2.34. The van der Waals surface area contributed by atoms with Crippen LogP contribution >= 0.6 is 0 Å². The first kappa shape index (κ1) is 22.4. The van der Waals surface area contributed by atoms with E-state index in [0.29, 0.717) is 12.0 Å². The zero-order valence-corrected chi connectivity index (χ0v) is 17.0. The van der Waals surface area contributed by atoms with Crippen LogP contribution in [-0.4, -0.2) is 19.9 Å². The van der Waals surface area contributed by atoms with Crippen molar-refractivity contribution >= 4 is 10.0 Å². The van der Waals surface area contributed by atoms with Gasteiger partial charge >= 0.3 is 6.18 Å². The Balaban J connectivity index is 2.25. The Bertz CT molecular complexity index is 879. The van der Waals surface area contributed by atoms with Gasteiger partial charge in [0.1, 0.15) is 5.69 Å². The standard InChI is InChI=1S/C20H25F3N2O2S/c1-4-5-12-19(3,16-8-11-18(24-13-16)20(21,22)23)14-25-28(26,27)17-9-6-15(2)7-10-17/h6-11,13,25H,4-5,12,14H2,1-3H3. The Morgan fingerprint density at radius 2 is 1.71 bits per heavy atom. The molecule has 154 valence electrons. The van der Waals surface area contributed by atoms with Crippen molar-refractivity contribution in [3.05, 3.63) is 59.4 Å². The number of nitrogens with zero attached hydrogens (tertiary/aromatic N) is 1. The zero-order chi connectivity index (χ0) is 21.0. The lowest BCUT2D eigenvalue weighted by Crippen LogP contribution is -2.39. The van der Waals surface area contributed by atoms with Gasteiger partial charge in [0.2, 0.25) is 10.0 Å². The molecule has 1 aromatic heterocycles. The molecule has 0 saturated heterocycles. The number of sulfonamides is 1. The van der Waals surface area contributed by atoms with Gasteiger partial charge in [-0.15, -0.1) is 0 Å². The summed E-state index contributed by atoms with van der Waals surface area (Å²) in [5.74, 6) is 0. The van der Waals surface area contributed by atoms with Crippen LogP contribution in [0.2, 0.25) is 0 Å². The molecule has 0 bridgehead atoms. The Kier molecular flexibility index (Phi) is 6.88. The lowest BCUT2D eigenvalue weighted by atomic mass is 9.79. The van der Waals surface area contributed by atoms with Crippen LogP contribution < -0.4 is 4.72 Å². The number of hydrogen-bond donors (Lipinski definition) is 1. The summed E-state index contributed by atoms with van der Waals surface area (Å²) in [6, 6.07) is 8.80. The van der Waals surface area contributed by atoms with E-state index in [1.165, 1.54) is 24.4 Å². The number of unbranched alkanes of at least 4 members (excludes halogenated alkanes) is 1. The molecule has 1 aromatic carbocycles. The minimum Gasteiger partial charge on any atom is -0.251 e. The maximum Gasteiger partial charge on any atom is 0.433 e. The molecular weight excluding hydrogens is 389 g/mol. The van der Waals surface area contributed by atoms with Gasteiger partial charge in [-0.2, -0.15) is 13.2 Å². The maximum absolute atomic E-state index is 12.8. The minimum absolute atomic E-state index is 0.0657. The average Bonchev–Trinajstić information content (AvgIpc) is 2.65. The number of alkyl halides is 3. The van der Waals surface area contributed by atoms with Gasteiger partial charge in [-0.05, 0) is 37.1 Å². The van der Waals surface area contributed by atoms with E-state index < -0.39 is 27.3 Å². The van der Waals surface area contributed by atoms with E-state index in [4.69, 9.17) is 0 Å². The first-order valence-corrected chi connectivity index (χ1v) is 10.6. The highest BCUT2D eigenvalue weighted by atomic mass is 32.2. The molecule has 28 heavy (non-hydrogen) atoms. The lowest BCUT2D eigenvalue weighted by Gasteiger charge is -2.30. The van der Waals surface area contributed by atoms with E-state index in [1.807, 2.05) is 20.8 Å². The van der Waals surface area contributed by atoms with Crippen LogP contribution in [0.1, 0.15) is 49.9 Å². The van der Waals surface area contributed by atoms with Gasteiger partial charge in [-0.1, -0.05) is 50.5 Å². The highest BCUT2D eigenvalue weighted by Crippen LogP contribution is 2.32. The second kappa shape index (κ2) is 8.61. The molecule has 2 aromatic rings. The fourth-order valence-corrected chi connectivity index (χ4v) is 4.04. The van der Waals surface area contributed by atoms with Gasteiger partial charge in [-0.3, -0.25) is 4.98 Å². The third-order valence-electron chi connectivity index (χ3n) is 4.82. The SMILES string of the molecule is CCCCC(C)(CNS(=O)(=O)c1ccc(C)cc1)c1ccc(C(F)(F)F)nc1. The molecule has 0 aliphatic rings. The van der Waals surface area contributed by atoms with Crippen LogP contribution in [0.15, 0.2) is 47.5 Å². The number of pyridine rings is 1. The molecule has 0 fully saturated rings. The molecular formula is C20H25F3N2O2S. The number of aromatic nitrogens is 1. The van der Waals surface area contributed by atoms with Crippen molar-refractivity contribution in [2.24, 2.45) is 0 Å². The van der Waals surface area contributed by atoms with Crippen LogP contribution in [0, 0.1) is 6.92 Å². The van der Waals surface area contributed by atoms with Crippen molar-refractivity contribution in [1.82, 2.24) is 9.71 Å². The summed E-state index contributed by atoms with van der Waals surface area (Å²) in [5, 5.41) is 0. The molecule has 0 saturated carbocycles. The fraction of sp³-hybridized carbons (Fsp3) is 0.450. The summed E-state index contributed by atoms with van der Waals surface area (Å²) in [7, 11) is -3.73. The van der Waals surface area contributed by atoms with E-state index in [2.05, 4.69) is 9.71 Å². The topological polar surface area (TPSA) is 59.1 Å². The highest BCUT2D eigenvalue weighted by molar-refractivity contribution is 7.89. The van der Waals surface area contributed by atoms with Gasteiger partial charge in [0, 0.05) is 18.2 Å². The van der Waals surface area contributed by atoms with E-state index in [-0.39, 0.29) is 11.4 Å². The summed E-state index contributed by atoms with van der Waals surface area (Å²) in [6.07, 6.45) is -1.00. The van der Waals surface area contributed by atoms with Gasteiger partial charge in [0.25, 0.3) is 0 Å². The first-order valence-electron chi connectivity index (χ1n) is 9.08. The van der Waals surface area contributed by atoms with Crippen LogP contribution in [0.3, 0.4) is 0 Å². The second-order valence-electron chi connectivity index (χ2n) is 7.23. The predicted molar refractivity (Wildman–Crippen MR) is 102 cm³/mol. The normalized spacial score (nSPS) is 14.6. The van der Waals surface area contributed by atoms with E-state index in [1.54, 1.807) is 12.1 Å². The number of rotatable bonds is 8. The molecule has 8 heteroatoms. The molecule has 0 aliphatic heterocycles. The largest absolute Gasteiger partial charge is 0.433 e. The molecule has 0 amide bonds. The Morgan fingerprint density at radius 1 is 1.07 bits per heavy atom. The lowest BCUT2D eigenvalue weighted by molar-refractivity contribution is -0.141. The molecule has 0 radical (unpaired) electrons. The quantitative estimate of drug-likeness (QED) is 0.673. The molecule has 1 heterocycles. The van der Waals surface area contributed by atoms with Crippen LogP contribution in [0.5, 0.6) is 0 Å². The number of benzene rings is 1. The van der Waals surface area contributed by atoms with E-state index in [9.17, 15) is 21.6 Å². The van der Waals surface area contributed by atoms with Crippen molar-refractivity contribution in [2.45, 2.75) is 56.5 Å². The average molecular weight is 414 g/mol. The summed E-state index contributed by atoms with van der Waals surface area (Å²) in [4.78, 5) is 3.69. The summed E-state index contributed by atoms with van der Waals surface area (Å²) < 4.78 is 66.2. The predicted octanol–water partition coefficient (Wildman–Crippen LogP) is 4.84. The Labute approximate surface area is 164 Å². The van der Waals surface area contributed by atoms with Crippen molar-refractivity contribution in [3.63, 3.8) is 0 Å². The van der Waals surface area contributed by atoms with Gasteiger partial charge in [-0.25, -0.2) is 13.1 Å². The zero-order valence-electron chi connectivity index (χ0n) is 16.2. The van der Waals surface area contributed by atoms with E-state index >= 15 is 0 Å². The Hall–Kier alpha value is -1.93. The summed E-state index contributed by atoms with van der Waals surface area (Å²) >= 11 is 0. The fourth-order valence-electron chi connectivity index (χ4n) is 2.88. The van der Waals surface area contributed by atoms with Gasteiger partial charge in [0.15, 0.2) is 0 Å². The molecule has 2 rings (SSSR count). The minimum atomic E-state index is -4.51. The van der Waals surface area contributed by atoms with Gasteiger partial charge in [0.05, 0.1) is 4.90 Å². The molecule has 1 N–H and O–H groups in total. The van der Waals surface area contributed by atoms with Crippen molar-refractivity contribution in [2.75, 3.05) is 6.54 Å². The summed E-state index contributed by atoms with van der Waals surface area (Å²) in [6.45, 7) is 5.77. The molecule has 1 unspecified atom stereocenters. The smallest absolute Gasteiger partial charge is 0.251 e. The molecule has 0 aliphatic carbocycles. The number of nitrogens with one attached hydrogen (secondary N) is 1. The molecule has 0 spiro atoms.